The van der Waals surface area contributed by atoms with E-state index in [1.807, 2.05) is 6.07 Å². The Labute approximate surface area is 144 Å². The Morgan fingerprint density at radius 3 is 2.79 bits per heavy atom. The molecule has 0 bridgehead atoms. The lowest BCUT2D eigenvalue weighted by Gasteiger charge is -2.21. The first-order chi connectivity index (χ1) is 11.8. The minimum absolute atomic E-state index is 0.0865. The van der Waals surface area contributed by atoms with E-state index in [9.17, 15) is 4.79 Å². The summed E-state index contributed by atoms with van der Waals surface area (Å²) in [5.41, 5.74) is 0. The van der Waals surface area contributed by atoms with Crippen LogP contribution in [0.2, 0.25) is 0 Å². The Kier molecular flexibility index (Phi) is 8.21. The summed E-state index contributed by atoms with van der Waals surface area (Å²) in [4.78, 5) is 15.9. The summed E-state index contributed by atoms with van der Waals surface area (Å²) in [6, 6.07) is 3.64. The smallest absolute Gasteiger partial charge is 0.239 e. The van der Waals surface area contributed by atoms with E-state index in [-0.39, 0.29) is 12.5 Å². The van der Waals surface area contributed by atoms with E-state index in [0.717, 1.165) is 24.6 Å². The molecule has 2 rings (SSSR count). The maximum absolute atomic E-state index is 11.8. The number of furan rings is 1. The number of nitrogens with zero attached hydrogens (tertiary/aromatic N) is 1. The largest absolute Gasteiger partial charge is 0.467 e. The second-order valence-electron chi connectivity index (χ2n) is 6.35. The van der Waals surface area contributed by atoms with Crippen LogP contribution in [-0.4, -0.2) is 32.0 Å². The normalized spacial score (nSPS) is 16.0. The number of nitrogens with one attached hydrogen (secondary N) is 3. The van der Waals surface area contributed by atoms with Crippen LogP contribution in [0.5, 0.6) is 0 Å². The summed E-state index contributed by atoms with van der Waals surface area (Å²) in [5.74, 6) is 2.24. The monoisotopic (exact) mass is 334 g/mol. The van der Waals surface area contributed by atoms with Gasteiger partial charge >= 0.3 is 0 Å². The molecule has 1 heterocycles. The molecule has 1 saturated carbocycles. The second kappa shape index (κ2) is 10.7. The number of hydrogen-bond donors (Lipinski definition) is 3. The first kappa shape index (κ1) is 18.4. The molecule has 0 unspecified atom stereocenters. The van der Waals surface area contributed by atoms with Crippen molar-refractivity contribution in [1.29, 1.82) is 0 Å². The lowest BCUT2D eigenvalue weighted by Crippen LogP contribution is -2.43. The summed E-state index contributed by atoms with van der Waals surface area (Å²) in [5, 5.41) is 9.11. The lowest BCUT2D eigenvalue weighted by molar-refractivity contribution is -0.120. The zero-order valence-electron chi connectivity index (χ0n) is 14.6. The molecule has 24 heavy (non-hydrogen) atoms. The Morgan fingerprint density at radius 1 is 1.25 bits per heavy atom. The predicted molar refractivity (Wildman–Crippen MR) is 95.7 cm³/mol. The fraction of sp³-hybridized carbons (Fsp3) is 0.667. The van der Waals surface area contributed by atoms with E-state index in [1.54, 1.807) is 19.4 Å². The maximum Gasteiger partial charge on any atom is 0.239 e. The van der Waals surface area contributed by atoms with Crippen molar-refractivity contribution in [2.75, 3.05) is 20.1 Å². The second-order valence-corrected chi connectivity index (χ2v) is 6.35. The molecule has 1 aromatic heterocycles. The molecular formula is C18H30N4O2. The zero-order chi connectivity index (χ0) is 17.0. The third kappa shape index (κ3) is 7.06. The van der Waals surface area contributed by atoms with E-state index in [2.05, 4.69) is 20.9 Å². The molecule has 1 aromatic rings. The van der Waals surface area contributed by atoms with Crippen molar-refractivity contribution in [1.82, 2.24) is 16.0 Å². The van der Waals surface area contributed by atoms with Crippen molar-refractivity contribution in [3.8, 4) is 0 Å². The van der Waals surface area contributed by atoms with Crippen LogP contribution >= 0.6 is 0 Å². The number of rotatable bonds is 8. The van der Waals surface area contributed by atoms with Crippen LogP contribution in [0, 0.1) is 5.92 Å². The van der Waals surface area contributed by atoms with Crippen LogP contribution in [0.1, 0.15) is 50.7 Å². The third-order valence-electron chi connectivity index (χ3n) is 4.49. The minimum Gasteiger partial charge on any atom is -0.467 e. The van der Waals surface area contributed by atoms with Gasteiger partial charge in [-0.15, -0.1) is 0 Å². The van der Waals surface area contributed by atoms with E-state index in [0.29, 0.717) is 12.5 Å². The Balaban J connectivity index is 1.53. The summed E-state index contributed by atoms with van der Waals surface area (Å²) in [7, 11) is 1.72. The number of carbonyl (C=O) groups is 1. The zero-order valence-corrected chi connectivity index (χ0v) is 14.6. The molecule has 134 valence electrons. The molecule has 0 spiro atoms. The highest BCUT2D eigenvalue weighted by Gasteiger charge is 2.12. The number of amides is 1. The van der Waals surface area contributed by atoms with Crippen molar-refractivity contribution in [2.24, 2.45) is 10.9 Å². The van der Waals surface area contributed by atoms with Gasteiger partial charge in [-0.25, -0.2) is 0 Å². The van der Waals surface area contributed by atoms with E-state index >= 15 is 0 Å². The van der Waals surface area contributed by atoms with Crippen molar-refractivity contribution >= 4 is 11.9 Å². The molecule has 1 fully saturated rings. The van der Waals surface area contributed by atoms with E-state index < -0.39 is 0 Å². The number of guanidine groups is 1. The number of aliphatic imine (C=N–C) groups is 1. The van der Waals surface area contributed by atoms with Gasteiger partial charge in [-0.3, -0.25) is 9.79 Å². The highest BCUT2D eigenvalue weighted by molar-refractivity contribution is 5.86. The fourth-order valence-electron chi connectivity index (χ4n) is 3.12. The molecule has 1 aliphatic carbocycles. The molecule has 0 atom stereocenters. The first-order valence-electron chi connectivity index (χ1n) is 9.01. The van der Waals surface area contributed by atoms with Gasteiger partial charge in [0.25, 0.3) is 0 Å². The van der Waals surface area contributed by atoms with E-state index in [1.165, 1.54) is 38.5 Å². The predicted octanol–water partition coefficient (Wildman–Crippen LogP) is 2.42. The van der Waals surface area contributed by atoms with Gasteiger partial charge in [-0.2, -0.15) is 0 Å². The fourth-order valence-corrected chi connectivity index (χ4v) is 3.12. The molecule has 0 saturated heterocycles. The van der Waals surface area contributed by atoms with Crippen LogP contribution in [0.15, 0.2) is 27.8 Å². The SMILES string of the molecule is CN=C(NCCCC1CCCCC1)NCC(=O)NCc1ccco1. The van der Waals surface area contributed by atoms with Crippen LogP contribution < -0.4 is 16.0 Å². The van der Waals surface area contributed by atoms with Crippen molar-refractivity contribution in [2.45, 2.75) is 51.5 Å². The highest BCUT2D eigenvalue weighted by atomic mass is 16.3. The van der Waals surface area contributed by atoms with Crippen LogP contribution in [0.4, 0.5) is 0 Å². The van der Waals surface area contributed by atoms with Gasteiger partial charge in [0.15, 0.2) is 5.96 Å². The van der Waals surface area contributed by atoms with E-state index in [4.69, 9.17) is 4.42 Å². The molecule has 0 aliphatic heterocycles. The summed E-state index contributed by atoms with van der Waals surface area (Å²) >= 11 is 0. The molecule has 1 amide bonds. The lowest BCUT2D eigenvalue weighted by atomic mass is 9.86. The van der Waals surface area contributed by atoms with Gasteiger partial charge in [-0.1, -0.05) is 32.1 Å². The molecule has 6 heteroatoms. The Hall–Kier alpha value is -1.98. The maximum atomic E-state index is 11.8. The third-order valence-corrected chi connectivity index (χ3v) is 4.49. The Morgan fingerprint density at radius 2 is 2.08 bits per heavy atom. The van der Waals surface area contributed by atoms with Crippen LogP contribution in [0.3, 0.4) is 0 Å². The number of hydrogen-bond acceptors (Lipinski definition) is 3. The van der Waals surface area contributed by atoms with Crippen molar-refractivity contribution < 1.29 is 9.21 Å². The quantitative estimate of drug-likeness (QED) is 0.387. The standard InChI is InChI=1S/C18H30N4O2/c1-19-18(20-11-5-9-15-7-3-2-4-8-15)22-14-17(23)21-13-16-10-6-12-24-16/h6,10,12,15H,2-5,7-9,11,13-14H2,1H3,(H,21,23)(H2,19,20,22). The van der Waals surface area contributed by atoms with Crippen molar-refractivity contribution in [3.63, 3.8) is 0 Å². The highest BCUT2D eigenvalue weighted by Crippen LogP contribution is 2.26. The van der Waals surface area contributed by atoms with Crippen LogP contribution in [0.25, 0.3) is 0 Å². The topological polar surface area (TPSA) is 78.7 Å². The average molecular weight is 334 g/mol. The first-order valence-corrected chi connectivity index (χ1v) is 9.01. The molecule has 1 aliphatic rings. The van der Waals surface area contributed by atoms with Gasteiger partial charge in [0, 0.05) is 13.6 Å². The van der Waals surface area contributed by atoms with Gasteiger partial charge < -0.3 is 20.4 Å². The summed E-state index contributed by atoms with van der Waals surface area (Å²) in [6.07, 6.45) is 11.0. The average Bonchev–Trinajstić information content (AvgIpc) is 3.14. The number of carbonyl (C=O) groups excluding carboxylic acids is 1. The van der Waals surface area contributed by atoms with Crippen LogP contribution in [-0.2, 0) is 11.3 Å². The van der Waals surface area contributed by atoms with Gasteiger partial charge in [0.1, 0.15) is 5.76 Å². The van der Waals surface area contributed by atoms with Gasteiger partial charge in [0.2, 0.25) is 5.91 Å². The summed E-state index contributed by atoms with van der Waals surface area (Å²) in [6.45, 7) is 1.49. The van der Waals surface area contributed by atoms with Gasteiger partial charge in [0.05, 0.1) is 19.4 Å². The molecule has 0 aromatic carbocycles. The molecule has 0 radical (unpaired) electrons. The van der Waals surface area contributed by atoms with Gasteiger partial charge in [-0.05, 0) is 30.9 Å². The molecule has 3 N–H and O–H groups in total. The van der Waals surface area contributed by atoms with Crippen molar-refractivity contribution in [3.05, 3.63) is 24.2 Å². The summed E-state index contributed by atoms with van der Waals surface area (Å²) < 4.78 is 5.17. The molecule has 6 nitrogen and oxygen atoms in total. The minimum atomic E-state index is -0.0865. The Bertz CT molecular complexity index is 493. The molecular weight excluding hydrogens is 304 g/mol.